The van der Waals surface area contributed by atoms with Gasteiger partial charge in [-0.1, -0.05) is 35.3 Å². The standard InChI is InChI=1S/C20H28Cl2N4O2/c1-23(2)20(28)26-8-6-15(7-9-26)19(27)25-12-10-24(11-13-25)14-16-4-3-5-17(21)18(16)22/h3-5,15H,6-14H2,1-2H3. The zero-order valence-electron chi connectivity index (χ0n) is 16.5. The van der Waals surface area contributed by atoms with Gasteiger partial charge in [0.2, 0.25) is 5.91 Å². The molecule has 2 saturated heterocycles. The number of amides is 3. The van der Waals surface area contributed by atoms with E-state index < -0.39 is 0 Å². The third-order valence-electron chi connectivity index (χ3n) is 5.61. The van der Waals surface area contributed by atoms with Crippen molar-refractivity contribution in [3.05, 3.63) is 33.8 Å². The van der Waals surface area contributed by atoms with Crippen LogP contribution >= 0.6 is 23.2 Å². The lowest BCUT2D eigenvalue weighted by Gasteiger charge is -2.39. The van der Waals surface area contributed by atoms with Gasteiger partial charge in [-0.05, 0) is 24.5 Å². The first kappa shape index (κ1) is 21.2. The van der Waals surface area contributed by atoms with E-state index in [-0.39, 0.29) is 17.9 Å². The van der Waals surface area contributed by atoms with Crippen molar-refractivity contribution in [2.24, 2.45) is 5.92 Å². The van der Waals surface area contributed by atoms with Gasteiger partial charge in [-0.2, -0.15) is 0 Å². The average Bonchev–Trinajstić information content (AvgIpc) is 2.71. The number of halogens is 2. The smallest absolute Gasteiger partial charge is 0.319 e. The largest absolute Gasteiger partial charge is 0.340 e. The molecule has 28 heavy (non-hydrogen) atoms. The number of piperidine rings is 1. The van der Waals surface area contributed by atoms with Gasteiger partial charge in [0.25, 0.3) is 0 Å². The van der Waals surface area contributed by atoms with Crippen LogP contribution in [0, 0.1) is 5.92 Å². The second kappa shape index (κ2) is 9.33. The van der Waals surface area contributed by atoms with E-state index in [4.69, 9.17) is 23.2 Å². The normalized spacial score (nSPS) is 19.0. The Morgan fingerprint density at radius 2 is 1.64 bits per heavy atom. The Balaban J connectivity index is 1.47. The molecular weight excluding hydrogens is 399 g/mol. The highest BCUT2D eigenvalue weighted by molar-refractivity contribution is 6.42. The van der Waals surface area contributed by atoms with Crippen molar-refractivity contribution >= 4 is 35.1 Å². The van der Waals surface area contributed by atoms with Gasteiger partial charge >= 0.3 is 6.03 Å². The van der Waals surface area contributed by atoms with Crippen LogP contribution in [0.1, 0.15) is 18.4 Å². The molecule has 154 valence electrons. The van der Waals surface area contributed by atoms with Crippen molar-refractivity contribution in [1.82, 2.24) is 19.6 Å². The fraction of sp³-hybridized carbons (Fsp3) is 0.600. The maximum atomic E-state index is 12.9. The number of carbonyl (C=O) groups is 2. The fourth-order valence-electron chi connectivity index (χ4n) is 3.90. The number of likely N-dealkylation sites (tertiary alicyclic amines) is 1. The third kappa shape index (κ3) is 4.91. The van der Waals surface area contributed by atoms with Crippen molar-refractivity contribution < 1.29 is 9.59 Å². The molecule has 0 bridgehead atoms. The molecule has 8 heteroatoms. The molecule has 0 unspecified atom stereocenters. The molecule has 0 radical (unpaired) electrons. The zero-order valence-corrected chi connectivity index (χ0v) is 18.0. The Kier molecular flexibility index (Phi) is 7.07. The van der Waals surface area contributed by atoms with E-state index >= 15 is 0 Å². The van der Waals surface area contributed by atoms with Crippen LogP contribution in [-0.2, 0) is 11.3 Å². The Hall–Kier alpha value is -1.50. The van der Waals surface area contributed by atoms with E-state index in [2.05, 4.69) is 4.90 Å². The van der Waals surface area contributed by atoms with Crippen LogP contribution in [0.2, 0.25) is 10.0 Å². The quantitative estimate of drug-likeness (QED) is 0.745. The van der Waals surface area contributed by atoms with Gasteiger partial charge in [-0.15, -0.1) is 0 Å². The summed E-state index contributed by atoms with van der Waals surface area (Å²) in [5, 5.41) is 1.19. The Morgan fingerprint density at radius 3 is 2.25 bits per heavy atom. The van der Waals surface area contributed by atoms with Crippen molar-refractivity contribution in [2.45, 2.75) is 19.4 Å². The summed E-state index contributed by atoms with van der Waals surface area (Å²) in [5.74, 6) is 0.262. The van der Waals surface area contributed by atoms with E-state index in [0.29, 0.717) is 23.1 Å². The number of hydrogen-bond donors (Lipinski definition) is 0. The average molecular weight is 427 g/mol. The summed E-state index contributed by atoms with van der Waals surface area (Å²) in [4.78, 5) is 32.6. The molecule has 1 aromatic rings. The number of nitrogens with zero attached hydrogens (tertiary/aromatic N) is 4. The topological polar surface area (TPSA) is 47.1 Å². The lowest BCUT2D eigenvalue weighted by atomic mass is 9.95. The second-order valence-corrected chi connectivity index (χ2v) is 8.54. The molecule has 2 aliphatic heterocycles. The van der Waals surface area contributed by atoms with E-state index in [1.54, 1.807) is 25.1 Å². The van der Waals surface area contributed by atoms with Crippen LogP contribution < -0.4 is 0 Å². The number of hydrogen-bond acceptors (Lipinski definition) is 3. The maximum Gasteiger partial charge on any atom is 0.319 e. The molecule has 2 aliphatic rings. The van der Waals surface area contributed by atoms with Gasteiger partial charge in [0.1, 0.15) is 0 Å². The first-order valence-corrected chi connectivity index (χ1v) is 10.5. The lowest BCUT2D eigenvalue weighted by Crippen LogP contribution is -2.52. The predicted molar refractivity (Wildman–Crippen MR) is 112 cm³/mol. The minimum absolute atomic E-state index is 0.0270. The van der Waals surface area contributed by atoms with Crippen molar-refractivity contribution in [3.8, 4) is 0 Å². The van der Waals surface area contributed by atoms with Crippen LogP contribution in [0.4, 0.5) is 4.79 Å². The van der Waals surface area contributed by atoms with Gasteiger partial charge in [-0.3, -0.25) is 9.69 Å². The minimum atomic E-state index is 0.0270. The number of piperazine rings is 1. The van der Waals surface area contributed by atoms with E-state index in [0.717, 1.165) is 51.1 Å². The van der Waals surface area contributed by atoms with E-state index in [9.17, 15) is 9.59 Å². The first-order valence-electron chi connectivity index (χ1n) is 9.77. The molecule has 6 nitrogen and oxygen atoms in total. The summed E-state index contributed by atoms with van der Waals surface area (Å²) in [6.07, 6.45) is 1.49. The third-order valence-corrected chi connectivity index (χ3v) is 6.46. The number of urea groups is 1. The van der Waals surface area contributed by atoms with Gasteiger partial charge in [0, 0.05) is 65.8 Å². The van der Waals surface area contributed by atoms with Crippen molar-refractivity contribution in [1.29, 1.82) is 0 Å². The molecule has 2 fully saturated rings. The predicted octanol–water partition coefficient (Wildman–Crippen LogP) is 3.03. The number of rotatable bonds is 3. The van der Waals surface area contributed by atoms with Crippen LogP contribution in [0.15, 0.2) is 18.2 Å². The van der Waals surface area contributed by atoms with Crippen molar-refractivity contribution in [3.63, 3.8) is 0 Å². The molecule has 0 spiro atoms. The molecular formula is C20H28Cl2N4O2. The number of carbonyl (C=O) groups excluding carboxylic acids is 2. The molecule has 3 rings (SSSR count). The Morgan fingerprint density at radius 1 is 1.00 bits per heavy atom. The molecule has 3 amide bonds. The summed E-state index contributed by atoms with van der Waals surface area (Å²) in [6, 6.07) is 5.73. The highest BCUT2D eigenvalue weighted by Crippen LogP contribution is 2.27. The van der Waals surface area contributed by atoms with Gasteiger partial charge in [-0.25, -0.2) is 4.79 Å². The van der Waals surface area contributed by atoms with Gasteiger partial charge < -0.3 is 14.7 Å². The van der Waals surface area contributed by atoms with Crippen LogP contribution in [0.5, 0.6) is 0 Å². The molecule has 0 aliphatic carbocycles. The first-order chi connectivity index (χ1) is 13.4. The molecule has 0 aromatic heterocycles. The van der Waals surface area contributed by atoms with Gasteiger partial charge in [0.15, 0.2) is 0 Å². The molecule has 0 N–H and O–H groups in total. The van der Waals surface area contributed by atoms with Crippen molar-refractivity contribution in [2.75, 3.05) is 53.4 Å². The Bertz CT molecular complexity index is 712. The number of benzene rings is 1. The maximum absolute atomic E-state index is 12.9. The van der Waals surface area contributed by atoms with Crippen LogP contribution in [0.25, 0.3) is 0 Å². The highest BCUT2D eigenvalue weighted by atomic mass is 35.5. The van der Waals surface area contributed by atoms with E-state index in [1.807, 2.05) is 21.9 Å². The fourth-order valence-corrected chi connectivity index (χ4v) is 4.28. The van der Waals surface area contributed by atoms with Crippen LogP contribution in [-0.4, -0.2) is 84.9 Å². The molecule has 2 heterocycles. The summed E-state index contributed by atoms with van der Waals surface area (Å²) in [5.41, 5.74) is 1.02. The second-order valence-electron chi connectivity index (χ2n) is 7.75. The lowest BCUT2D eigenvalue weighted by molar-refractivity contribution is -0.138. The Labute approximate surface area is 176 Å². The zero-order chi connectivity index (χ0) is 20.3. The van der Waals surface area contributed by atoms with Crippen LogP contribution in [0.3, 0.4) is 0 Å². The summed E-state index contributed by atoms with van der Waals surface area (Å²) >= 11 is 12.4. The highest BCUT2D eigenvalue weighted by Gasteiger charge is 2.32. The molecule has 0 saturated carbocycles. The summed E-state index contributed by atoms with van der Waals surface area (Å²) in [7, 11) is 3.52. The van der Waals surface area contributed by atoms with Gasteiger partial charge in [0.05, 0.1) is 10.0 Å². The summed E-state index contributed by atoms with van der Waals surface area (Å²) < 4.78 is 0. The SMILES string of the molecule is CN(C)C(=O)N1CCC(C(=O)N2CCN(Cc3cccc(Cl)c3Cl)CC2)CC1. The molecule has 1 aromatic carbocycles. The van der Waals surface area contributed by atoms with E-state index in [1.165, 1.54) is 0 Å². The monoisotopic (exact) mass is 426 g/mol. The minimum Gasteiger partial charge on any atom is -0.340 e. The summed E-state index contributed by atoms with van der Waals surface area (Å²) in [6.45, 7) is 5.16. The molecule has 0 atom stereocenters.